The van der Waals surface area contributed by atoms with E-state index in [-0.39, 0.29) is 11.6 Å². The molecule has 1 aromatic carbocycles. The summed E-state index contributed by atoms with van der Waals surface area (Å²) in [5, 5.41) is 10.9. The Morgan fingerprint density at radius 2 is 1.79 bits per heavy atom. The van der Waals surface area contributed by atoms with E-state index >= 15 is 0 Å². The van der Waals surface area contributed by atoms with Crippen molar-refractivity contribution in [1.29, 1.82) is 0 Å². The number of carbonyl (C=O) groups excluding carboxylic acids is 1. The van der Waals surface area contributed by atoms with Crippen molar-refractivity contribution in [2.75, 3.05) is 46.3 Å². The Hall–Kier alpha value is -1.99. The number of benzene rings is 1. The lowest BCUT2D eigenvalue weighted by atomic mass is 10.0. The van der Waals surface area contributed by atoms with E-state index in [9.17, 15) is 14.9 Å². The quantitative estimate of drug-likeness (QED) is 0.619. The van der Waals surface area contributed by atoms with Gasteiger partial charge < -0.3 is 9.80 Å². The third-order valence-corrected chi connectivity index (χ3v) is 5.11. The van der Waals surface area contributed by atoms with Crippen LogP contribution in [0, 0.1) is 10.1 Å². The second kappa shape index (κ2) is 7.27. The highest BCUT2D eigenvalue weighted by Gasteiger charge is 2.29. The van der Waals surface area contributed by atoms with Crippen molar-refractivity contribution in [1.82, 2.24) is 14.7 Å². The zero-order valence-corrected chi connectivity index (χ0v) is 14.1. The van der Waals surface area contributed by atoms with Gasteiger partial charge in [-0.15, -0.1) is 0 Å². The van der Waals surface area contributed by atoms with Gasteiger partial charge in [-0.25, -0.2) is 0 Å². The molecular weight excluding hydrogens is 308 g/mol. The fraction of sp³-hybridized carbons (Fsp3) is 0.588. The number of piperidine rings is 1. The van der Waals surface area contributed by atoms with Gasteiger partial charge in [0.1, 0.15) is 0 Å². The van der Waals surface area contributed by atoms with E-state index in [0.717, 1.165) is 52.1 Å². The summed E-state index contributed by atoms with van der Waals surface area (Å²) in [5.41, 5.74) is 0.371. The van der Waals surface area contributed by atoms with Crippen molar-refractivity contribution in [3.63, 3.8) is 0 Å². The number of carbonyl (C=O) groups is 1. The van der Waals surface area contributed by atoms with E-state index in [1.54, 1.807) is 12.1 Å². The van der Waals surface area contributed by atoms with Gasteiger partial charge in [0, 0.05) is 63.0 Å². The maximum Gasteiger partial charge on any atom is 0.270 e. The van der Waals surface area contributed by atoms with Crippen LogP contribution in [0.1, 0.15) is 23.2 Å². The molecule has 0 radical (unpaired) electrons. The first-order valence-electron chi connectivity index (χ1n) is 8.51. The normalized spacial score (nSPS) is 21.0. The summed E-state index contributed by atoms with van der Waals surface area (Å²) < 4.78 is 0. The Morgan fingerprint density at radius 1 is 1.12 bits per heavy atom. The van der Waals surface area contributed by atoms with Crippen LogP contribution in [0.15, 0.2) is 24.3 Å². The first-order valence-corrected chi connectivity index (χ1v) is 8.51. The van der Waals surface area contributed by atoms with Crippen molar-refractivity contribution in [2.45, 2.75) is 18.9 Å². The zero-order chi connectivity index (χ0) is 17.1. The molecule has 3 rings (SSSR count). The van der Waals surface area contributed by atoms with E-state index in [0.29, 0.717) is 11.6 Å². The minimum Gasteiger partial charge on any atom is -0.339 e. The Labute approximate surface area is 142 Å². The van der Waals surface area contributed by atoms with E-state index in [2.05, 4.69) is 16.8 Å². The average Bonchev–Trinajstić information content (AvgIpc) is 2.62. The summed E-state index contributed by atoms with van der Waals surface area (Å²) >= 11 is 0. The molecule has 1 aromatic rings. The third-order valence-electron chi connectivity index (χ3n) is 5.11. The SMILES string of the molecule is CN1CCN(C2CCN(C(=O)c3cccc([N+](=O)[O-])c3)CC2)CC1. The lowest BCUT2D eigenvalue weighted by Gasteiger charge is -2.42. The molecule has 0 unspecified atom stereocenters. The van der Waals surface area contributed by atoms with Crippen LogP contribution < -0.4 is 0 Å². The molecule has 0 atom stereocenters. The monoisotopic (exact) mass is 332 g/mol. The minimum atomic E-state index is -0.462. The molecule has 0 saturated carbocycles. The first kappa shape index (κ1) is 16.9. The van der Waals surface area contributed by atoms with Crippen LogP contribution in [0.25, 0.3) is 0 Å². The third kappa shape index (κ3) is 3.73. The molecule has 7 nitrogen and oxygen atoms in total. The van der Waals surface area contributed by atoms with Crippen LogP contribution in [0.3, 0.4) is 0 Å². The van der Waals surface area contributed by atoms with E-state index in [4.69, 9.17) is 0 Å². The fourth-order valence-corrected chi connectivity index (χ4v) is 3.56. The van der Waals surface area contributed by atoms with E-state index < -0.39 is 4.92 Å². The molecular formula is C17H24N4O3. The van der Waals surface area contributed by atoms with Gasteiger partial charge in [0.05, 0.1) is 4.92 Å². The topological polar surface area (TPSA) is 69.9 Å². The lowest BCUT2D eigenvalue weighted by Crippen LogP contribution is -2.52. The number of likely N-dealkylation sites (tertiary alicyclic amines) is 1. The highest BCUT2D eigenvalue weighted by molar-refractivity contribution is 5.94. The summed E-state index contributed by atoms with van der Waals surface area (Å²) in [6, 6.07) is 6.56. The Bertz CT molecular complexity index is 606. The minimum absolute atomic E-state index is 0.0341. The molecule has 130 valence electrons. The van der Waals surface area contributed by atoms with Gasteiger partial charge in [0.25, 0.3) is 11.6 Å². The van der Waals surface area contributed by atoms with Gasteiger partial charge in [-0.1, -0.05) is 6.07 Å². The molecule has 7 heteroatoms. The molecule has 2 aliphatic rings. The Balaban J connectivity index is 1.57. The highest BCUT2D eigenvalue weighted by atomic mass is 16.6. The van der Waals surface area contributed by atoms with Crippen molar-refractivity contribution in [3.8, 4) is 0 Å². The van der Waals surface area contributed by atoms with Crippen molar-refractivity contribution in [2.24, 2.45) is 0 Å². The number of hydrogen-bond donors (Lipinski definition) is 0. The predicted molar refractivity (Wildman–Crippen MR) is 91.1 cm³/mol. The van der Waals surface area contributed by atoms with Crippen LogP contribution in [0.4, 0.5) is 5.69 Å². The molecule has 1 amide bonds. The molecule has 2 fully saturated rings. The molecule has 0 aliphatic carbocycles. The summed E-state index contributed by atoms with van der Waals surface area (Å²) in [6.07, 6.45) is 1.95. The first-order chi connectivity index (χ1) is 11.5. The van der Waals surface area contributed by atoms with Gasteiger partial charge in [-0.05, 0) is 26.0 Å². The highest BCUT2D eigenvalue weighted by Crippen LogP contribution is 2.21. The van der Waals surface area contributed by atoms with Crippen LogP contribution in [-0.2, 0) is 0 Å². The van der Waals surface area contributed by atoms with Gasteiger partial charge in [-0.3, -0.25) is 19.8 Å². The average molecular weight is 332 g/mol. The van der Waals surface area contributed by atoms with Crippen LogP contribution in [-0.4, -0.2) is 77.9 Å². The molecule has 24 heavy (non-hydrogen) atoms. The molecule has 0 bridgehead atoms. The Morgan fingerprint density at radius 3 is 2.42 bits per heavy atom. The molecule has 2 saturated heterocycles. The molecule has 0 spiro atoms. The number of rotatable bonds is 3. The molecule has 2 aliphatic heterocycles. The summed E-state index contributed by atoms with van der Waals surface area (Å²) in [4.78, 5) is 29.7. The largest absolute Gasteiger partial charge is 0.339 e. The van der Waals surface area contributed by atoms with Crippen LogP contribution >= 0.6 is 0 Å². The second-order valence-electron chi connectivity index (χ2n) is 6.67. The van der Waals surface area contributed by atoms with Gasteiger partial charge in [-0.2, -0.15) is 0 Å². The summed E-state index contributed by atoms with van der Waals surface area (Å²) in [6.45, 7) is 5.84. The molecule has 2 heterocycles. The summed E-state index contributed by atoms with van der Waals surface area (Å²) in [5.74, 6) is -0.101. The second-order valence-corrected chi connectivity index (χ2v) is 6.67. The fourth-order valence-electron chi connectivity index (χ4n) is 3.56. The zero-order valence-electron chi connectivity index (χ0n) is 14.1. The van der Waals surface area contributed by atoms with Crippen molar-refractivity contribution < 1.29 is 9.72 Å². The molecule has 0 aromatic heterocycles. The maximum absolute atomic E-state index is 12.6. The summed E-state index contributed by atoms with van der Waals surface area (Å²) in [7, 11) is 2.15. The number of amides is 1. The van der Waals surface area contributed by atoms with Crippen molar-refractivity contribution in [3.05, 3.63) is 39.9 Å². The molecule has 0 N–H and O–H groups in total. The number of piperazine rings is 1. The van der Waals surface area contributed by atoms with E-state index in [1.165, 1.54) is 12.1 Å². The number of nitro groups is 1. The lowest BCUT2D eigenvalue weighted by molar-refractivity contribution is -0.384. The predicted octanol–water partition coefficient (Wildman–Crippen LogP) is 1.45. The standard InChI is InChI=1S/C17H24N4O3/c1-18-9-11-19(12-10-18)15-5-7-20(8-6-15)17(22)14-3-2-4-16(13-14)21(23)24/h2-4,13,15H,5-12H2,1H3. The number of likely N-dealkylation sites (N-methyl/N-ethyl adjacent to an activating group) is 1. The number of nitro benzene ring substituents is 1. The van der Waals surface area contributed by atoms with Crippen LogP contribution in [0.5, 0.6) is 0 Å². The van der Waals surface area contributed by atoms with E-state index in [1.807, 2.05) is 4.90 Å². The van der Waals surface area contributed by atoms with Gasteiger partial charge in [0.2, 0.25) is 0 Å². The van der Waals surface area contributed by atoms with Gasteiger partial charge >= 0.3 is 0 Å². The number of non-ortho nitro benzene ring substituents is 1. The maximum atomic E-state index is 12.6. The smallest absolute Gasteiger partial charge is 0.270 e. The van der Waals surface area contributed by atoms with Gasteiger partial charge in [0.15, 0.2) is 0 Å². The van der Waals surface area contributed by atoms with Crippen molar-refractivity contribution >= 4 is 11.6 Å². The van der Waals surface area contributed by atoms with Crippen LogP contribution in [0.2, 0.25) is 0 Å². The Kier molecular flexibility index (Phi) is 5.11. The number of hydrogen-bond acceptors (Lipinski definition) is 5. The number of nitrogens with zero attached hydrogens (tertiary/aromatic N) is 4.